The van der Waals surface area contributed by atoms with Crippen molar-refractivity contribution in [3.63, 3.8) is 0 Å². The van der Waals surface area contributed by atoms with Crippen molar-refractivity contribution in [3.8, 4) is 0 Å². The number of likely N-dealkylation sites (tertiary alicyclic amines) is 1. The van der Waals surface area contributed by atoms with Crippen molar-refractivity contribution in [2.75, 3.05) is 13.1 Å². The molecule has 1 amide bonds. The van der Waals surface area contributed by atoms with Crippen LogP contribution in [-0.2, 0) is 0 Å². The van der Waals surface area contributed by atoms with Crippen LogP contribution in [0.3, 0.4) is 0 Å². The average molecular weight is 262 g/mol. The largest absolute Gasteiger partial charge is 0.339 e. The number of rotatable bonds is 1. The van der Waals surface area contributed by atoms with E-state index in [0.717, 1.165) is 32.0 Å². The molecule has 1 aromatic heterocycles. The summed E-state index contributed by atoms with van der Waals surface area (Å²) >= 11 is 0. The topological polar surface area (TPSA) is 33.2 Å². The highest BCUT2D eigenvalue weighted by Crippen LogP contribution is 2.20. The molecule has 1 aliphatic heterocycles. The molecule has 0 radical (unpaired) electrons. The quantitative estimate of drug-likeness (QED) is 0.791. The number of fused-ring (bicyclic) bond motifs is 1. The fraction of sp³-hybridized carbons (Fsp3) is 0.286. The van der Waals surface area contributed by atoms with E-state index in [2.05, 4.69) is 4.98 Å². The van der Waals surface area contributed by atoms with Crippen LogP contribution in [0.4, 0.5) is 8.78 Å². The summed E-state index contributed by atoms with van der Waals surface area (Å²) in [5, 5.41) is 0.308. The Hall–Kier alpha value is -2.04. The van der Waals surface area contributed by atoms with E-state index in [4.69, 9.17) is 0 Å². The Morgan fingerprint density at radius 1 is 1.16 bits per heavy atom. The monoisotopic (exact) mass is 262 g/mol. The third-order valence-corrected chi connectivity index (χ3v) is 3.34. The van der Waals surface area contributed by atoms with Gasteiger partial charge in [0.05, 0.1) is 5.56 Å². The van der Waals surface area contributed by atoms with Crippen molar-refractivity contribution in [1.29, 1.82) is 0 Å². The molecular weight excluding hydrogens is 250 g/mol. The van der Waals surface area contributed by atoms with Gasteiger partial charge in [0.1, 0.15) is 11.3 Å². The van der Waals surface area contributed by atoms with Crippen LogP contribution >= 0.6 is 0 Å². The van der Waals surface area contributed by atoms with Gasteiger partial charge in [0, 0.05) is 30.7 Å². The van der Waals surface area contributed by atoms with Gasteiger partial charge in [-0.2, -0.15) is 0 Å². The Morgan fingerprint density at radius 2 is 1.89 bits per heavy atom. The Morgan fingerprint density at radius 3 is 2.63 bits per heavy atom. The van der Waals surface area contributed by atoms with Crippen LogP contribution in [0, 0.1) is 11.6 Å². The molecule has 3 nitrogen and oxygen atoms in total. The Labute approximate surface area is 108 Å². The molecule has 98 valence electrons. The van der Waals surface area contributed by atoms with Gasteiger partial charge < -0.3 is 4.90 Å². The fourth-order valence-corrected chi connectivity index (χ4v) is 2.39. The zero-order valence-electron chi connectivity index (χ0n) is 10.2. The van der Waals surface area contributed by atoms with Crippen molar-refractivity contribution in [2.45, 2.75) is 12.8 Å². The molecule has 0 atom stereocenters. The van der Waals surface area contributed by atoms with Crippen molar-refractivity contribution in [1.82, 2.24) is 9.88 Å². The summed E-state index contributed by atoms with van der Waals surface area (Å²) < 4.78 is 26.7. The van der Waals surface area contributed by atoms with Crippen molar-refractivity contribution in [3.05, 3.63) is 41.6 Å². The van der Waals surface area contributed by atoms with Gasteiger partial charge in [0.25, 0.3) is 5.91 Å². The van der Waals surface area contributed by atoms with Gasteiger partial charge in [-0.05, 0) is 25.0 Å². The van der Waals surface area contributed by atoms with Crippen LogP contribution in [0.5, 0.6) is 0 Å². The standard InChI is InChI=1S/C14H12F2N2O/c15-11-6-9-5-10(8-17-13(9)12(16)7-11)14(19)18-3-1-2-4-18/h5-8H,1-4H2. The summed E-state index contributed by atoms with van der Waals surface area (Å²) in [4.78, 5) is 17.8. The van der Waals surface area contributed by atoms with Crippen LogP contribution in [0.1, 0.15) is 23.2 Å². The van der Waals surface area contributed by atoms with Gasteiger partial charge in [-0.1, -0.05) is 0 Å². The van der Waals surface area contributed by atoms with Crippen LogP contribution in [0.2, 0.25) is 0 Å². The van der Waals surface area contributed by atoms with Crippen molar-refractivity contribution >= 4 is 16.8 Å². The zero-order valence-corrected chi connectivity index (χ0v) is 10.2. The normalized spacial score (nSPS) is 15.2. The molecular formula is C14H12F2N2O. The molecule has 2 aromatic rings. The second-order valence-corrected chi connectivity index (χ2v) is 4.68. The third kappa shape index (κ3) is 2.16. The van der Waals surface area contributed by atoms with Gasteiger partial charge in [-0.15, -0.1) is 0 Å². The van der Waals surface area contributed by atoms with E-state index in [9.17, 15) is 13.6 Å². The number of hydrogen-bond acceptors (Lipinski definition) is 2. The van der Waals surface area contributed by atoms with Gasteiger partial charge >= 0.3 is 0 Å². The predicted molar refractivity (Wildman–Crippen MR) is 66.8 cm³/mol. The van der Waals surface area contributed by atoms with E-state index in [1.165, 1.54) is 18.3 Å². The highest BCUT2D eigenvalue weighted by atomic mass is 19.1. The Kier molecular flexibility index (Phi) is 2.89. The predicted octanol–water partition coefficient (Wildman–Crippen LogP) is 2.75. The average Bonchev–Trinajstić information content (AvgIpc) is 2.90. The minimum Gasteiger partial charge on any atom is -0.339 e. The highest BCUT2D eigenvalue weighted by molar-refractivity contribution is 5.97. The van der Waals surface area contributed by atoms with E-state index in [1.807, 2.05) is 0 Å². The van der Waals surface area contributed by atoms with E-state index < -0.39 is 11.6 Å². The van der Waals surface area contributed by atoms with E-state index >= 15 is 0 Å². The molecule has 1 saturated heterocycles. The van der Waals surface area contributed by atoms with E-state index in [1.54, 1.807) is 4.90 Å². The Balaban J connectivity index is 2.03. The second kappa shape index (κ2) is 4.57. The Bertz CT molecular complexity index is 651. The lowest BCUT2D eigenvalue weighted by Crippen LogP contribution is -2.27. The van der Waals surface area contributed by atoms with Crippen molar-refractivity contribution in [2.24, 2.45) is 0 Å². The summed E-state index contributed by atoms with van der Waals surface area (Å²) in [6.45, 7) is 1.46. The maximum absolute atomic E-state index is 13.5. The number of aromatic nitrogens is 1. The molecule has 0 saturated carbocycles. The maximum atomic E-state index is 13.5. The molecule has 1 aliphatic rings. The SMILES string of the molecule is O=C(c1cnc2c(F)cc(F)cc2c1)N1CCCC1. The van der Waals surface area contributed by atoms with Crippen LogP contribution in [-0.4, -0.2) is 28.9 Å². The number of benzene rings is 1. The lowest BCUT2D eigenvalue weighted by atomic mass is 10.1. The van der Waals surface area contributed by atoms with Gasteiger partial charge in [0.2, 0.25) is 0 Å². The van der Waals surface area contributed by atoms with Crippen LogP contribution < -0.4 is 0 Å². The van der Waals surface area contributed by atoms with Gasteiger partial charge in [0.15, 0.2) is 5.82 Å². The molecule has 0 aliphatic carbocycles. The molecule has 5 heteroatoms. The number of hydrogen-bond donors (Lipinski definition) is 0. The first-order chi connectivity index (χ1) is 9.15. The summed E-state index contributed by atoms with van der Waals surface area (Å²) in [6.07, 6.45) is 3.34. The summed E-state index contributed by atoms with van der Waals surface area (Å²) in [5.41, 5.74) is 0.457. The van der Waals surface area contributed by atoms with E-state index in [-0.39, 0.29) is 11.4 Å². The molecule has 0 N–H and O–H groups in total. The zero-order chi connectivity index (χ0) is 13.4. The first-order valence-electron chi connectivity index (χ1n) is 6.19. The summed E-state index contributed by atoms with van der Waals surface area (Å²) in [6, 6.07) is 3.47. The van der Waals surface area contributed by atoms with Crippen LogP contribution in [0.25, 0.3) is 10.9 Å². The summed E-state index contributed by atoms with van der Waals surface area (Å²) in [7, 11) is 0. The lowest BCUT2D eigenvalue weighted by molar-refractivity contribution is 0.0792. The first kappa shape index (κ1) is 12.0. The minimum atomic E-state index is -0.713. The molecule has 0 unspecified atom stereocenters. The molecule has 3 rings (SSSR count). The fourth-order valence-electron chi connectivity index (χ4n) is 2.39. The smallest absolute Gasteiger partial charge is 0.255 e. The lowest BCUT2D eigenvalue weighted by Gasteiger charge is -2.15. The molecule has 2 heterocycles. The molecule has 1 aromatic carbocycles. The van der Waals surface area contributed by atoms with Gasteiger partial charge in [-0.25, -0.2) is 8.78 Å². The number of pyridine rings is 1. The molecule has 19 heavy (non-hydrogen) atoms. The van der Waals surface area contributed by atoms with Crippen LogP contribution in [0.15, 0.2) is 24.4 Å². The number of halogens is 2. The number of amides is 1. The number of carbonyl (C=O) groups is 1. The summed E-state index contributed by atoms with van der Waals surface area (Å²) in [5.74, 6) is -1.51. The number of carbonyl (C=O) groups excluding carboxylic acids is 1. The molecule has 0 bridgehead atoms. The molecule has 1 fully saturated rings. The molecule has 0 spiro atoms. The highest BCUT2D eigenvalue weighted by Gasteiger charge is 2.20. The van der Waals surface area contributed by atoms with E-state index in [0.29, 0.717) is 10.9 Å². The minimum absolute atomic E-state index is 0.0828. The maximum Gasteiger partial charge on any atom is 0.255 e. The third-order valence-electron chi connectivity index (χ3n) is 3.34. The van der Waals surface area contributed by atoms with Crippen molar-refractivity contribution < 1.29 is 13.6 Å². The van der Waals surface area contributed by atoms with Gasteiger partial charge in [-0.3, -0.25) is 9.78 Å². The second-order valence-electron chi connectivity index (χ2n) is 4.68. The number of nitrogens with zero attached hydrogens (tertiary/aromatic N) is 2. The first-order valence-corrected chi connectivity index (χ1v) is 6.19.